The van der Waals surface area contributed by atoms with Gasteiger partial charge in [-0.1, -0.05) is 0 Å². The van der Waals surface area contributed by atoms with Gasteiger partial charge in [-0.3, -0.25) is 4.98 Å². The molecule has 3 aromatic heterocycles. The average Bonchev–Trinajstić information content (AvgIpc) is 2.65. The third-order valence-corrected chi connectivity index (χ3v) is 4.67. The lowest BCUT2D eigenvalue weighted by Crippen LogP contribution is -2.28. The molecule has 7 heteroatoms. The van der Waals surface area contributed by atoms with Crippen LogP contribution in [0, 0.1) is 0 Å². The summed E-state index contributed by atoms with van der Waals surface area (Å²) in [6.45, 7) is 0. The standard InChI is InChI=1S/C18H20N6O/c19-17-15-10-22-18(23-12-1-3-13(25)4-2-12)24-16(15)14(9-21-17)11-5-7-20-8-6-11/h5-10,12-13,25H,1-4H2,(H2,19,21)(H,22,23,24). The fraction of sp³-hybridized carbons (Fsp3) is 0.333. The van der Waals surface area contributed by atoms with Gasteiger partial charge in [0, 0.05) is 36.4 Å². The number of fused-ring (bicyclic) bond motifs is 1. The van der Waals surface area contributed by atoms with Gasteiger partial charge >= 0.3 is 0 Å². The van der Waals surface area contributed by atoms with Crippen molar-refractivity contribution in [3.05, 3.63) is 36.9 Å². The Labute approximate surface area is 145 Å². The lowest BCUT2D eigenvalue weighted by atomic mass is 9.93. The molecule has 3 aromatic rings. The van der Waals surface area contributed by atoms with Crippen molar-refractivity contribution in [2.45, 2.75) is 37.8 Å². The Balaban J connectivity index is 1.71. The number of nitrogens with one attached hydrogen (secondary N) is 1. The molecular formula is C18H20N6O. The largest absolute Gasteiger partial charge is 0.393 e. The Morgan fingerprint density at radius 2 is 1.80 bits per heavy atom. The summed E-state index contributed by atoms with van der Waals surface area (Å²) in [4.78, 5) is 17.4. The zero-order valence-electron chi connectivity index (χ0n) is 13.8. The number of hydrogen-bond donors (Lipinski definition) is 3. The van der Waals surface area contributed by atoms with E-state index in [1.807, 2.05) is 12.1 Å². The van der Waals surface area contributed by atoms with Crippen LogP contribution in [0.25, 0.3) is 22.0 Å². The number of aliphatic hydroxyl groups is 1. The smallest absolute Gasteiger partial charge is 0.223 e. The van der Waals surface area contributed by atoms with Crippen LogP contribution in [0.2, 0.25) is 0 Å². The van der Waals surface area contributed by atoms with Crippen molar-refractivity contribution in [2.75, 3.05) is 11.1 Å². The van der Waals surface area contributed by atoms with Crippen LogP contribution < -0.4 is 11.1 Å². The Morgan fingerprint density at radius 1 is 1.04 bits per heavy atom. The fourth-order valence-corrected chi connectivity index (χ4v) is 3.25. The highest BCUT2D eigenvalue weighted by molar-refractivity contribution is 5.98. The first kappa shape index (κ1) is 15.7. The van der Waals surface area contributed by atoms with Crippen molar-refractivity contribution >= 4 is 22.7 Å². The molecule has 1 aliphatic carbocycles. The van der Waals surface area contributed by atoms with Gasteiger partial charge in [0.2, 0.25) is 5.95 Å². The maximum atomic E-state index is 9.64. The van der Waals surface area contributed by atoms with E-state index in [1.165, 1.54) is 0 Å². The Hall–Kier alpha value is -2.80. The minimum Gasteiger partial charge on any atom is -0.393 e. The molecule has 3 heterocycles. The van der Waals surface area contributed by atoms with Crippen LogP contribution in [0.1, 0.15) is 25.7 Å². The Kier molecular flexibility index (Phi) is 4.15. The summed E-state index contributed by atoms with van der Waals surface area (Å²) in [7, 11) is 0. The van der Waals surface area contributed by atoms with Gasteiger partial charge in [-0.25, -0.2) is 15.0 Å². The van der Waals surface area contributed by atoms with E-state index < -0.39 is 0 Å². The molecule has 0 radical (unpaired) electrons. The van der Waals surface area contributed by atoms with Crippen LogP contribution in [-0.4, -0.2) is 37.2 Å². The van der Waals surface area contributed by atoms with Gasteiger partial charge in [-0.15, -0.1) is 0 Å². The van der Waals surface area contributed by atoms with E-state index in [0.717, 1.165) is 47.7 Å². The van der Waals surface area contributed by atoms with Gasteiger partial charge in [0.15, 0.2) is 0 Å². The maximum absolute atomic E-state index is 9.64. The number of nitrogens with two attached hydrogens (primary N) is 1. The second-order valence-electron chi connectivity index (χ2n) is 6.40. The van der Waals surface area contributed by atoms with E-state index in [2.05, 4.69) is 20.3 Å². The molecule has 0 amide bonds. The van der Waals surface area contributed by atoms with Crippen LogP contribution in [0.5, 0.6) is 0 Å². The molecule has 25 heavy (non-hydrogen) atoms. The summed E-state index contributed by atoms with van der Waals surface area (Å²) >= 11 is 0. The number of pyridine rings is 2. The number of nitrogens with zero attached hydrogens (tertiary/aromatic N) is 4. The topological polar surface area (TPSA) is 110 Å². The van der Waals surface area contributed by atoms with E-state index in [0.29, 0.717) is 11.8 Å². The Bertz CT molecular complexity index is 877. The number of hydrogen-bond acceptors (Lipinski definition) is 7. The summed E-state index contributed by atoms with van der Waals surface area (Å²) in [6, 6.07) is 4.12. The molecule has 0 aliphatic heterocycles. The van der Waals surface area contributed by atoms with Gasteiger partial charge in [-0.05, 0) is 43.4 Å². The SMILES string of the molecule is Nc1ncc(-c2ccncc2)c2nc(NC3CCC(O)CC3)ncc12. The molecule has 1 saturated carbocycles. The number of aromatic nitrogens is 4. The molecular weight excluding hydrogens is 316 g/mol. The molecule has 128 valence electrons. The highest BCUT2D eigenvalue weighted by Crippen LogP contribution is 2.29. The van der Waals surface area contributed by atoms with Crippen molar-refractivity contribution in [1.82, 2.24) is 19.9 Å². The van der Waals surface area contributed by atoms with E-state index in [4.69, 9.17) is 10.7 Å². The number of anilines is 2. The maximum Gasteiger partial charge on any atom is 0.223 e. The fourth-order valence-electron chi connectivity index (χ4n) is 3.25. The van der Waals surface area contributed by atoms with Crippen molar-refractivity contribution in [3.63, 3.8) is 0 Å². The first-order valence-electron chi connectivity index (χ1n) is 8.47. The molecule has 1 fully saturated rings. The highest BCUT2D eigenvalue weighted by Gasteiger charge is 2.20. The molecule has 0 atom stereocenters. The van der Waals surface area contributed by atoms with E-state index in [1.54, 1.807) is 24.8 Å². The first-order valence-corrected chi connectivity index (χ1v) is 8.47. The van der Waals surface area contributed by atoms with Crippen LogP contribution in [0.15, 0.2) is 36.9 Å². The predicted molar refractivity (Wildman–Crippen MR) is 96.9 cm³/mol. The summed E-state index contributed by atoms with van der Waals surface area (Å²) in [5, 5.41) is 13.8. The molecule has 4 rings (SSSR count). The minimum atomic E-state index is -0.181. The predicted octanol–water partition coefficient (Wildman–Crippen LogP) is 2.38. The second-order valence-corrected chi connectivity index (χ2v) is 6.40. The van der Waals surface area contributed by atoms with E-state index in [-0.39, 0.29) is 12.1 Å². The zero-order chi connectivity index (χ0) is 17.2. The lowest BCUT2D eigenvalue weighted by Gasteiger charge is -2.26. The molecule has 4 N–H and O–H groups in total. The first-order chi connectivity index (χ1) is 12.2. The molecule has 1 aliphatic rings. The third-order valence-electron chi connectivity index (χ3n) is 4.67. The molecule has 0 aromatic carbocycles. The monoisotopic (exact) mass is 336 g/mol. The van der Waals surface area contributed by atoms with Crippen LogP contribution in [-0.2, 0) is 0 Å². The van der Waals surface area contributed by atoms with Gasteiger partial charge in [0.05, 0.1) is 17.0 Å². The van der Waals surface area contributed by atoms with E-state index >= 15 is 0 Å². The number of nitrogen functional groups attached to an aromatic ring is 1. The van der Waals surface area contributed by atoms with Crippen molar-refractivity contribution in [3.8, 4) is 11.1 Å². The number of rotatable bonds is 3. The van der Waals surface area contributed by atoms with Crippen LogP contribution >= 0.6 is 0 Å². The summed E-state index contributed by atoms with van der Waals surface area (Å²) in [6.07, 6.45) is 10.2. The highest BCUT2D eigenvalue weighted by atomic mass is 16.3. The van der Waals surface area contributed by atoms with Crippen molar-refractivity contribution in [2.24, 2.45) is 0 Å². The normalized spacial score (nSPS) is 20.5. The molecule has 0 saturated heterocycles. The average molecular weight is 336 g/mol. The second kappa shape index (κ2) is 6.60. The number of aliphatic hydroxyl groups excluding tert-OH is 1. The van der Waals surface area contributed by atoms with Crippen LogP contribution in [0.4, 0.5) is 11.8 Å². The zero-order valence-corrected chi connectivity index (χ0v) is 13.8. The van der Waals surface area contributed by atoms with Gasteiger partial charge < -0.3 is 16.2 Å². The molecule has 7 nitrogen and oxygen atoms in total. The summed E-state index contributed by atoms with van der Waals surface area (Å²) < 4.78 is 0. The van der Waals surface area contributed by atoms with Gasteiger partial charge in [0.25, 0.3) is 0 Å². The van der Waals surface area contributed by atoms with Gasteiger partial charge in [-0.2, -0.15) is 0 Å². The minimum absolute atomic E-state index is 0.181. The van der Waals surface area contributed by atoms with E-state index in [9.17, 15) is 5.11 Å². The molecule has 0 unspecified atom stereocenters. The lowest BCUT2D eigenvalue weighted by molar-refractivity contribution is 0.126. The van der Waals surface area contributed by atoms with Gasteiger partial charge in [0.1, 0.15) is 5.82 Å². The Morgan fingerprint density at radius 3 is 2.56 bits per heavy atom. The molecule has 0 spiro atoms. The summed E-state index contributed by atoms with van der Waals surface area (Å²) in [5.41, 5.74) is 8.65. The van der Waals surface area contributed by atoms with Crippen molar-refractivity contribution in [1.29, 1.82) is 0 Å². The quantitative estimate of drug-likeness (QED) is 0.673. The third kappa shape index (κ3) is 3.23. The van der Waals surface area contributed by atoms with Crippen LogP contribution in [0.3, 0.4) is 0 Å². The van der Waals surface area contributed by atoms with Crippen molar-refractivity contribution < 1.29 is 5.11 Å². The summed E-state index contributed by atoms with van der Waals surface area (Å²) in [5.74, 6) is 0.995. The molecule has 0 bridgehead atoms.